The number of benzene rings is 1. The molecule has 0 radical (unpaired) electrons. The third kappa shape index (κ3) is 2.80. The molecule has 0 spiro atoms. The minimum atomic E-state index is -0.182. The fourth-order valence-electron chi connectivity index (χ4n) is 3.39. The predicted octanol–water partition coefficient (Wildman–Crippen LogP) is 2.44. The molecule has 21 heavy (non-hydrogen) atoms. The first-order valence-electron chi connectivity index (χ1n) is 7.82. The Morgan fingerprint density at radius 2 is 1.95 bits per heavy atom. The average Bonchev–Trinajstić information content (AvgIpc) is 2.90. The predicted molar refractivity (Wildman–Crippen MR) is 81.9 cm³/mol. The summed E-state index contributed by atoms with van der Waals surface area (Å²) >= 11 is 0. The number of hydrogen-bond acceptors (Lipinski definition) is 2. The number of carbonyl (C=O) groups is 2. The van der Waals surface area contributed by atoms with Gasteiger partial charge in [0, 0.05) is 31.2 Å². The minimum Gasteiger partial charge on any atom is -0.340 e. The zero-order chi connectivity index (χ0) is 14.8. The van der Waals surface area contributed by atoms with Gasteiger partial charge in [0.15, 0.2) is 0 Å². The van der Waals surface area contributed by atoms with Gasteiger partial charge in [0.1, 0.15) is 0 Å². The second kappa shape index (κ2) is 5.88. The second-order valence-electron chi connectivity index (χ2n) is 6.12. The number of anilines is 1. The van der Waals surface area contributed by atoms with Gasteiger partial charge in [0.25, 0.3) is 0 Å². The summed E-state index contributed by atoms with van der Waals surface area (Å²) in [7, 11) is 0. The number of para-hydroxylation sites is 1. The van der Waals surface area contributed by atoms with Gasteiger partial charge < -0.3 is 9.80 Å². The Morgan fingerprint density at radius 1 is 1.19 bits per heavy atom. The Morgan fingerprint density at radius 3 is 2.67 bits per heavy atom. The largest absolute Gasteiger partial charge is 0.340 e. The molecule has 2 saturated heterocycles. The number of piperidine rings is 1. The van der Waals surface area contributed by atoms with Crippen LogP contribution in [0, 0.1) is 5.92 Å². The van der Waals surface area contributed by atoms with Gasteiger partial charge >= 0.3 is 0 Å². The maximum absolute atomic E-state index is 12.7. The van der Waals surface area contributed by atoms with Crippen molar-refractivity contribution in [2.45, 2.75) is 38.6 Å². The Bertz CT molecular complexity index is 529. The summed E-state index contributed by atoms with van der Waals surface area (Å²) in [5.74, 6) is 0.0384. The quantitative estimate of drug-likeness (QED) is 0.838. The summed E-state index contributed by atoms with van der Waals surface area (Å²) in [6.45, 7) is 3.48. The highest BCUT2D eigenvalue weighted by molar-refractivity contribution is 6.00. The van der Waals surface area contributed by atoms with E-state index in [1.54, 1.807) is 4.90 Å². The molecule has 4 heteroatoms. The zero-order valence-corrected chi connectivity index (χ0v) is 12.5. The Balaban J connectivity index is 1.71. The molecule has 2 heterocycles. The van der Waals surface area contributed by atoms with Crippen LogP contribution in [0.3, 0.4) is 0 Å². The van der Waals surface area contributed by atoms with Crippen molar-refractivity contribution in [2.24, 2.45) is 5.92 Å². The van der Waals surface area contributed by atoms with Crippen LogP contribution >= 0.6 is 0 Å². The number of nitrogens with zero attached hydrogens (tertiary/aromatic N) is 2. The highest BCUT2D eigenvalue weighted by Crippen LogP contribution is 2.28. The van der Waals surface area contributed by atoms with Crippen molar-refractivity contribution in [3.05, 3.63) is 30.3 Å². The summed E-state index contributed by atoms with van der Waals surface area (Å²) in [4.78, 5) is 28.6. The molecule has 0 aliphatic carbocycles. The normalized spacial score (nSPS) is 26.2. The molecular formula is C17H22N2O2. The van der Waals surface area contributed by atoms with Gasteiger partial charge in [-0.3, -0.25) is 9.59 Å². The molecule has 2 atom stereocenters. The van der Waals surface area contributed by atoms with Crippen LogP contribution in [0.4, 0.5) is 5.69 Å². The monoisotopic (exact) mass is 286 g/mol. The van der Waals surface area contributed by atoms with E-state index in [1.807, 2.05) is 35.2 Å². The molecule has 2 aliphatic rings. The first-order chi connectivity index (χ1) is 10.2. The van der Waals surface area contributed by atoms with Crippen molar-refractivity contribution in [1.29, 1.82) is 0 Å². The van der Waals surface area contributed by atoms with Crippen LogP contribution in [0.25, 0.3) is 0 Å². The first-order valence-corrected chi connectivity index (χ1v) is 7.82. The molecule has 0 saturated carbocycles. The highest BCUT2D eigenvalue weighted by Gasteiger charge is 2.38. The van der Waals surface area contributed by atoms with Gasteiger partial charge in [-0.25, -0.2) is 0 Å². The number of hydrogen-bond donors (Lipinski definition) is 0. The van der Waals surface area contributed by atoms with E-state index >= 15 is 0 Å². The third-order valence-electron chi connectivity index (χ3n) is 4.63. The standard InChI is InChI=1S/C17H22N2O2/c1-13-7-5-6-10-18(13)17(21)14-11-16(20)19(12-14)15-8-3-2-4-9-15/h2-4,8-9,13-14H,5-7,10-12H2,1H3/t13-,14-/m0/s1. The fourth-order valence-corrected chi connectivity index (χ4v) is 3.39. The molecule has 2 aliphatic heterocycles. The van der Waals surface area contributed by atoms with Crippen LogP contribution in [0.15, 0.2) is 30.3 Å². The summed E-state index contributed by atoms with van der Waals surface area (Å²) in [5.41, 5.74) is 0.893. The van der Waals surface area contributed by atoms with Crippen molar-refractivity contribution in [3.8, 4) is 0 Å². The number of rotatable bonds is 2. The lowest BCUT2D eigenvalue weighted by atomic mass is 9.99. The van der Waals surface area contributed by atoms with Gasteiger partial charge in [0.2, 0.25) is 11.8 Å². The van der Waals surface area contributed by atoms with Crippen LogP contribution in [0.1, 0.15) is 32.6 Å². The molecular weight excluding hydrogens is 264 g/mol. The third-order valence-corrected chi connectivity index (χ3v) is 4.63. The van der Waals surface area contributed by atoms with Crippen LogP contribution in [-0.2, 0) is 9.59 Å². The van der Waals surface area contributed by atoms with Gasteiger partial charge in [-0.15, -0.1) is 0 Å². The van der Waals surface area contributed by atoms with Crippen LogP contribution in [-0.4, -0.2) is 35.8 Å². The van der Waals surface area contributed by atoms with Crippen molar-refractivity contribution in [1.82, 2.24) is 4.90 Å². The van der Waals surface area contributed by atoms with Crippen LogP contribution in [0.2, 0.25) is 0 Å². The summed E-state index contributed by atoms with van der Waals surface area (Å²) in [6.07, 6.45) is 3.70. The van der Waals surface area contributed by atoms with Crippen LogP contribution < -0.4 is 4.90 Å². The topological polar surface area (TPSA) is 40.6 Å². The van der Waals surface area contributed by atoms with Gasteiger partial charge in [-0.05, 0) is 38.3 Å². The molecule has 2 fully saturated rings. The SMILES string of the molecule is C[C@H]1CCCCN1C(=O)[C@H]1CC(=O)N(c2ccccc2)C1. The first kappa shape index (κ1) is 14.1. The Hall–Kier alpha value is -1.84. The van der Waals surface area contributed by atoms with Crippen molar-refractivity contribution >= 4 is 17.5 Å². The Labute approximate surface area is 125 Å². The molecule has 2 amide bonds. The average molecular weight is 286 g/mol. The molecule has 0 unspecified atom stereocenters. The zero-order valence-electron chi connectivity index (χ0n) is 12.5. The van der Waals surface area contributed by atoms with E-state index in [9.17, 15) is 9.59 Å². The van der Waals surface area contributed by atoms with E-state index in [4.69, 9.17) is 0 Å². The number of amides is 2. The molecule has 0 N–H and O–H groups in total. The fraction of sp³-hybridized carbons (Fsp3) is 0.529. The van der Waals surface area contributed by atoms with E-state index in [1.165, 1.54) is 6.42 Å². The van der Waals surface area contributed by atoms with E-state index < -0.39 is 0 Å². The van der Waals surface area contributed by atoms with Crippen molar-refractivity contribution in [2.75, 3.05) is 18.0 Å². The lowest BCUT2D eigenvalue weighted by Gasteiger charge is -2.35. The summed E-state index contributed by atoms with van der Waals surface area (Å²) in [6, 6.07) is 9.94. The van der Waals surface area contributed by atoms with E-state index in [0.717, 1.165) is 25.1 Å². The molecule has 4 nitrogen and oxygen atoms in total. The highest BCUT2D eigenvalue weighted by atomic mass is 16.2. The maximum Gasteiger partial charge on any atom is 0.228 e. The van der Waals surface area contributed by atoms with E-state index in [0.29, 0.717) is 19.0 Å². The van der Waals surface area contributed by atoms with E-state index in [2.05, 4.69) is 6.92 Å². The molecule has 1 aromatic rings. The molecule has 112 valence electrons. The van der Waals surface area contributed by atoms with Crippen molar-refractivity contribution < 1.29 is 9.59 Å². The maximum atomic E-state index is 12.7. The summed E-state index contributed by atoms with van der Waals surface area (Å²) in [5, 5.41) is 0. The molecule has 0 bridgehead atoms. The summed E-state index contributed by atoms with van der Waals surface area (Å²) < 4.78 is 0. The lowest BCUT2D eigenvalue weighted by Crippen LogP contribution is -2.45. The minimum absolute atomic E-state index is 0.0595. The van der Waals surface area contributed by atoms with Crippen LogP contribution in [0.5, 0.6) is 0 Å². The lowest BCUT2D eigenvalue weighted by molar-refractivity contribution is -0.139. The van der Waals surface area contributed by atoms with E-state index in [-0.39, 0.29) is 17.7 Å². The number of likely N-dealkylation sites (tertiary alicyclic amines) is 1. The van der Waals surface area contributed by atoms with Gasteiger partial charge in [-0.2, -0.15) is 0 Å². The molecule has 3 rings (SSSR count). The second-order valence-corrected chi connectivity index (χ2v) is 6.12. The Kier molecular flexibility index (Phi) is 3.95. The smallest absolute Gasteiger partial charge is 0.228 e. The van der Waals surface area contributed by atoms with Gasteiger partial charge in [0.05, 0.1) is 5.92 Å². The molecule has 0 aromatic heterocycles. The van der Waals surface area contributed by atoms with Crippen molar-refractivity contribution in [3.63, 3.8) is 0 Å². The van der Waals surface area contributed by atoms with Gasteiger partial charge in [-0.1, -0.05) is 18.2 Å². The molecule has 1 aromatic carbocycles. The number of carbonyl (C=O) groups excluding carboxylic acids is 2.